The summed E-state index contributed by atoms with van der Waals surface area (Å²) in [5.41, 5.74) is 2.97. The van der Waals surface area contributed by atoms with Crippen molar-refractivity contribution in [3.05, 3.63) is 77.9 Å². The summed E-state index contributed by atoms with van der Waals surface area (Å²) in [4.78, 5) is 13.4. The molecule has 8 heteroatoms. The molecule has 1 aliphatic heterocycles. The van der Waals surface area contributed by atoms with Crippen LogP contribution in [0.25, 0.3) is 0 Å². The zero-order valence-electron chi connectivity index (χ0n) is 19.6. The maximum Gasteiger partial charge on any atom is 0.267 e. The number of hydrogen-bond donors (Lipinski definition) is 1. The molecule has 1 amide bonds. The van der Waals surface area contributed by atoms with Gasteiger partial charge in [-0.15, -0.1) is 0 Å². The summed E-state index contributed by atoms with van der Waals surface area (Å²) in [5.74, 6) is 0.702. The minimum atomic E-state index is -3.96. The Morgan fingerprint density at radius 1 is 1.09 bits per heavy atom. The monoisotopic (exact) mass is 480 g/mol. The van der Waals surface area contributed by atoms with Crippen LogP contribution in [0.3, 0.4) is 0 Å². The van der Waals surface area contributed by atoms with Crippen molar-refractivity contribution >= 4 is 27.3 Å². The average Bonchev–Trinajstić information content (AvgIpc) is 2.83. The van der Waals surface area contributed by atoms with E-state index in [1.807, 2.05) is 51.1 Å². The van der Waals surface area contributed by atoms with Crippen molar-refractivity contribution in [1.82, 2.24) is 0 Å². The van der Waals surface area contributed by atoms with Crippen molar-refractivity contribution < 1.29 is 22.7 Å². The molecule has 0 spiro atoms. The second-order valence-electron chi connectivity index (χ2n) is 8.52. The van der Waals surface area contributed by atoms with Gasteiger partial charge in [-0.05, 0) is 66.4 Å². The van der Waals surface area contributed by atoms with E-state index >= 15 is 0 Å². The Morgan fingerprint density at radius 2 is 1.79 bits per heavy atom. The second kappa shape index (κ2) is 9.38. The molecule has 3 aromatic rings. The Kier molecular flexibility index (Phi) is 6.52. The van der Waals surface area contributed by atoms with Gasteiger partial charge < -0.3 is 14.8 Å². The van der Waals surface area contributed by atoms with Crippen molar-refractivity contribution in [2.24, 2.45) is 0 Å². The highest BCUT2D eigenvalue weighted by molar-refractivity contribution is 7.92. The molecule has 34 heavy (non-hydrogen) atoms. The van der Waals surface area contributed by atoms with Gasteiger partial charge in [-0.25, -0.2) is 8.42 Å². The minimum Gasteiger partial charge on any atom is -0.497 e. The number of nitrogens with one attached hydrogen (secondary N) is 1. The van der Waals surface area contributed by atoms with Crippen LogP contribution in [0.4, 0.5) is 11.4 Å². The number of rotatable bonds is 6. The van der Waals surface area contributed by atoms with E-state index in [0.717, 1.165) is 11.1 Å². The number of carbonyl (C=O) groups excluding carboxylic acids is 1. The predicted octanol–water partition coefficient (Wildman–Crippen LogP) is 4.72. The highest BCUT2D eigenvalue weighted by Crippen LogP contribution is 2.38. The smallest absolute Gasteiger partial charge is 0.267 e. The Bertz CT molecular complexity index is 1300. The van der Waals surface area contributed by atoms with E-state index in [1.54, 1.807) is 24.3 Å². The number of ether oxygens (including phenoxy) is 2. The normalized spacial score (nSPS) is 15.4. The largest absolute Gasteiger partial charge is 0.497 e. The van der Waals surface area contributed by atoms with Crippen LogP contribution < -0.4 is 19.1 Å². The molecule has 7 nitrogen and oxygen atoms in total. The predicted molar refractivity (Wildman–Crippen MR) is 132 cm³/mol. The summed E-state index contributed by atoms with van der Waals surface area (Å²) in [6.07, 6.45) is -1.03. The summed E-state index contributed by atoms with van der Waals surface area (Å²) < 4.78 is 39.6. The molecule has 4 rings (SSSR count). The van der Waals surface area contributed by atoms with Crippen LogP contribution in [0.1, 0.15) is 30.9 Å². The molecule has 0 saturated heterocycles. The Morgan fingerprint density at radius 3 is 2.47 bits per heavy atom. The van der Waals surface area contributed by atoms with Gasteiger partial charge in [0.15, 0.2) is 6.10 Å². The van der Waals surface area contributed by atoms with Crippen molar-refractivity contribution in [2.75, 3.05) is 23.3 Å². The molecule has 1 heterocycles. The first-order chi connectivity index (χ1) is 16.2. The summed E-state index contributed by atoms with van der Waals surface area (Å²) >= 11 is 0. The number of amides is 1. The van der Waals surface area contributed by atoms with Crippen LogP contribution in [-0.2, 0) is 14.8 Å². The number of fused-ring (bicyclic) bond motifs is 1. The molecule has 1 aliphatic rings. The summed E-state index contributed by atoms with van der Waals surface area (Å²) in [6.45, 7) is 5.82. The number of aryl methyl sites for hydroxylation is 1. The van der Waals surface area contributed by atoms with Gasteiger partial charge in [-0.1, -0.05) is 38.1 Å². The van der Waals surface area contributed by atoms with E-state index in [-0.39, 0.29) is 17.4 Å². The van der Waals surface area contributed by atoms with Crippen LogP contribution in [0.15, 0.2) is 71.6 Å². The van der Waals surface area contributed by atoms with Gasteiger partial charge in [-0.2, -0.15) is 0 Å². The highest BCUT2D eigenvalue weighted by atomic mass is 32.2. The molecule has 178 valence electrons. The van der Waals surface area contributed by atoms with Crippen LogP contribution in [-0.4, -0.2) is 34.1 Å². The Labute approximate surface area is 200 Å². The van der Waals surface area contributed by atoms with Crippen molar-refractivity contribution in [1.29, 1.82) is 0 Å². The molecule has 0 saturated carbocycles. The van der Waals surface area contributed by atoms with Crippen LogP contribution in [0.5, 0.6) is 11.5 Å². The number of carbonyl (C=O) groups is 1. The van der Waals surface area contributed by atoms with Crippen LogP contribution >= 0.6 is 0 Å². The number of nitrogens with zero attached hydrogens (tertiary/aromatic N) is 1. The third kappa shape index (κ3) is 4.59. The first-order valence-electron chi connectivity index (χ1n) is 11.0. The van der Waals surface area contributed by atoms with E-state index in [1.165, 1.54) is 23.5 Å². The van der Waals surface area contributed by atoms with Crippen molar-refractivity contribution in [3.63, 3.8) is 0 Å². The highest BCUT2D eigenvalue weighted by Gasteiger charge is 2.38. The molecule has 1 atom stereocenters. The van der Waals surface area contributed by atoms with E-state index in [0.29, 0.717) is 22.9 Å². The van der Waals surface area contributed by atoms with Gasteiger partial charge in [0.2, 0.25) is 0 Å². The lowest BCUT2D eigenvalue weighted by atomic mass is 10.0. The fourth-order valence-corrected chi connectivity index (χ4v) is 5.40. The number of sulfonamides is 1. The maximum atomic E-state index is 13.6. The van der Waals surface area contributed by atoms with E-state index < -0.39 is 22.0 Å². The quantitative estimate of drug-likeness (QED) is 0.552. The first-order valence-corrected chi connectivity index (χ1v) is 12.5. The summed E-state index contributed by atoms with van der Waals surface area (Å²) in [6, 6.07) is 19.0. The van der Waals surface area contributed by atoms with Crippen molar-refractivity contribution in [2.45, 2.75) is 37.7 Å². The third-order valence-corrected chi connectivity index (χ3v) is 7.56. The van der Waals surface area contributed by atoms with E-state index in [2.05, 4.69) is 5.32 Å². The molecule has 0 aliphatic carbocycles. The lowest BCUT2D eigenvalue weighted by molar-refractivity contribution is -0.122. The number of methoxy groups -OCH3 is 1. The summed E-state index contributed by atoms with van der Waals surface area (Å²) in [5, 5.41) is 2.93. The minimum absolute atomic E-state index is 0.103. The fourth-order valence-electron chi connectivity index (χ4n) is 3.93. The number of anilines is 2. The molecular weight excluding hydrogens is 452 g/mol. The van der Waals surface area contributed by atoms with E-state index in [4.69, 9.17) is 9.47 Å². The van der Waals surface area contributed by atoms with Crippen LogP contribution in [0, 0.1) is 6.92 Å². The Balaban J connectivity index is 1.69. The summed E-state index contributed by atoms with van der Waals surface area (Å²) in [7, 11) is -2.44. The van der Waals surface area contributed by atoms with E-state index in [9.17, 15) is 13.2 Å². The van der Waals surface area contributed by atoms with Gasteiger partial charge in [0.25, 0.3) is 15.9 Å². The maximum absolute atomic E-state index is 13.6. The molecule has 0 fully saturated rings. The topological polar surface area (TPSA) is 84.9 Å². The zero-order chi connectivity index (χ0) is 24.5. The zero-order valence-corrected chi connectivity index (χ0v) is 20.4. The molecule has 3 aromatic carbocycles. The Hall–Kier alpha value is -3.52. The molecular formula is C26H28N2O5S. The third-order valence-electron chi connectivity index (χ3n) is 5.77. The molecule has 0 unspecified atom stereocenters. The number of para-hydroxylation sites is 1. The second-order valence-corrected chi connectivity index (χ2v) is 10.4. The molecule has 0 bridgehead atoms. The first kappa shape index (κ1) is 23.6. The van der Waals surface area contributed by atoms with Crippen molar-refractivity contribution in [3.8, 4) is 11.5 Å². The van der Waals surface area contributed by atoms with Crippen LogP contribution in [0.2, 0.25) is 0 Å². The lowest BCUT2D eigenvalue weighted by Crippen LogP contribution is -2.48. The SMILES string of the molecule is COc1ccc(S(=O)(=O)N2C[C@@H](C(=O)Nc3ccccc3C(C)C)Oc3cc(C)ccc32)cc1. The lowest BCUT2D eigenvalue weighted by Gasteiger charge is -2.35. The van der Waals surface area contributed by atoms with Gasteiger partial charge in [0, 0.05) is 5.69 Å². The number of benzene rings is 3. The standard InChI is InChI=1S/C26H28N2O5S/c1-17(2)21-7-5-6-8-22(21)27-26(29)25-16-28(23-14-9-18(3)15-24(23)33-25)34(30,31)20-12-10-19(32-4)11-13-20/h5-15,17,25H,16H2,1-4H3,(H,27,29)/t25-/m0/s1. The van der Waals surface area contributed by atoms with Gasteiger partial charge in [0.05, 0.1) is 24.2 Å². The average molecular weight is 481 g/mol. The fraction of sp³-hybridized carbons (Fsp3) is 0.269. The molecule has 0 aromatic heterocycles. The number of hydrogen-bond acceptors (Lipinski definition) is 5. The van der Waals surface area contributed by atoms with Gasteiger partial charge in [0.1, 0.15) is 11.5 Å². The molecule has 0 radical (unpaired) electrons. The van der Waals surface area contributed by atoms with Gasteiger partial charge >= 0.3 is 0 Å². The molecule has 1 N–H and O–H groups in total. The van der Waals surface area contributed by atoms with Gasteiger partial charge in [-0.3, -0.25) is 9.10 Å².